The number of piperidine rings is 1. The summed E-state index contributed by atoms with van der Waals surface area (Å²) < 4.78 is 0. The second kappa shape index (κ2) is 7.32. The van der Waals surface area contributed by atoms with Gasteiger partial charge in [0.05, 0.1) is 5.52 Å². The van der Waals surface area contributed by atoms with Crippen molar-refractivity contribution in [1.29, 1.82) is 0 Å². The molecule has 1 amide bonds. The van der Waals surface area contributed by atoms with Crippen molar-refractivity contribution in [1.82, 2.24) is 19.8 Å². The molecule has 0 spiro atoms. The van der Waals surface area contributed by atoms with Gasteiger partial charge in [-0.15, -0.1) is 0 Å². The van der Waals surface area contributed by atoms with Crippen LogP contribution in [0.3, 0.4) is 0 Å². The van der Waals surface area contributed by atoms with Gasteiger partial charge in [0.15, 0.2) is 0 Å². The summed E-state index contributed by atoms with van der Waals surface area (Å²) in [5.41, 5.74) is 2.68. The third-order valence-electron chi connectivity index (χ3n) is 6.00. The number of nitrogens with zero attached hydrogens (tertiary/aromatic N) is 4. The molecule has 28 heavy (non-hydrogen) atoms. The van der Waals surface area contributed by atoms with E-state index >= 15 is 0 Å². The SMILES string of the molecule is O=C(c1ccc2ccccc2n1)N1C[C@H]2CC[C@@H]1CN(Cc1cccnc1)C2. The van der Waals surface area contributed by atoms with Crippen molar-refractivity contribution >= 4 is 16.8 Å². The van der Waals surface area contributed by atoms with Crippen LogP contribution in [0.1, 0.15) is 28.9 Å². The molecule has 0 unspecified atom stereocenters. The lowest BCUT2D eigenvalue weighted by molar-refractivity contribution is 0.0579. The Labute approximate surface area is 165 Å². The van der Waals surface area contributed by atoms with Crippen molar-refractivity contribution < 1.29 is 4.79 Å². The molecule has 5 nitrogen and oxygen atoms in total. The first-order valence-corrected chi connectivity index (χ1v) is 10.0. The van der Waals surface area contributed by atoms with Crippen LogP contribution in [-0.4, -0.2) is 51.4 Å². The minimum atomic E-state index is 0.0729. The fraction of sp³-hybridized carbons (Fsp3) is 0.348. The van der Waals surface area contributed by atoms with E-state index in [9.17, 15) is 4.79 Å². The number of amides is 1. The maximum atomic E-state index is 13.3. The molecule has 6 rings (SSSR count). The Bertz CT molecular complexity index is 990. The highest BCUT2D eigenvalue weighted by Crippen LogP contribution is 2.30. The van der Waals surface area contributed by atoms with Crippen LogP contribution in [0.2, 0.25) is 0 Å². The zero-order valence-corrected chi connectivity index (χ0v) is 15.9. The van der Waals surface area contributed by atoms with Crippen molar-refractivity contribution in [2.75, 3.05) is 19.6 Å². The molecular weight excluding hydrogens is 348 g/mol. The van der Waals surface area contributed by atoms with Gasteiger partial charge in [-0.2, -0.15) is 0 Å². The summed E-state index contributed by atoms with van der Waals surface area (Å²) in [5, 5.41) is 1.07. The normalized spacial score (nSPS) is 22.4. The third-order valence-corrected chi connectivity index (χ3v) is 6.00. The van der Waals surface area contributed by atoms with Gasteiger partial charge in [-0.25, -0.2) is 4.98 Å². The van der Waals surface area contributed by atoms with Crippen LogP contribution in [0.4, 0.5) is 0 Å². The summed E-state index contributed by atoms with van der Waals surface area (Å²) in [6, 6.07) is 16.2. The minimum Gasteiger partial charge on any atom is -0.333 e. The van der Waals surface area contributed by atoms with Crippen LogP contribution in [0.15, 0.2) is 60.9 Å². The molecule has 5 heterocycles. The number of rotatable bonds is 3. The van der Waals surface area contributed by atoms with E-state index in [4.69, 9.17) is 0 Å². The lowest BCUT2D eigenvalue weighted by Crippen LogP contribution is -2.47. The third kappa shape index (κ3) is 3.38. The van der Waals surface area contributed by atoms with Crippen LogP contribution in [0, 0.1) is 5.92 Å². The van der Waals surface area contributed by atoms with Crippen LogP contribution in [-0.2, 0) is 6.54 Å². The fourth-order valence-electron chi connectivity index (χ4n) is 4.64. The maximum absolute atomic E-state index is 13.3. The molecule has 3 aliphatic rings. The fourth-order valence-corrected chi connectivity index (χ4v) is 4.64. The highest BCUT2D eigenvalue weighted by atomic mass is 16.2. The van der Waals surface area contributed by atoms with Gasteiger partial charge >= 0.3 is 0 Å². The molecule has 2 bridgehead atoms. The maximum Gasteiger partial charge on any atom is 0.272 e. The van der Waals surface area contributed by atoms with Crippen molar-refractivity contribution in [2.45, 2.75) is 25.4 Å². The van der Waals surface area contributed by atoms with E-state index in [1.54, 1.807) is 0 Å². The summed E-state index contributed by atoms with van der Waals surface area (Å²) in [6.07, 6.45) is 6.03. The first-order chi connectivity index (χ1) is 13.8. The van der Waals surface area contributed by atoms with E-state index in [-0.39, 0.29) is 11.9 Å². The molecule has 0 aliphatic carbocycles. The number of fused-ring (bicyclic) bond motifs is 5. The second-order valence-electron chi connectivity index (χ2n) is 8.00. The summed E-state index contributed by atoms with van der Waals surface area (Å²) in [4.78, 5) is 26.7. The van der Waals surface area contributed by atoms with E-state index in [1.165, 1.54) is 12.0 Å². The first-order valence-electron chi connectivity index (χ1n) is 10.0. The molecule has 3 aliphatic heterocycles. The van der Waals surface area contributed by atoms with Gasteiger partial charge < -0.3 is 4.90 Å². The van der Waals surface area contributed by atoms with Crippen molar-refractivity contribution in [3.05, 3.63) is 72.2 Å². The van der Waals surface area contributed by atoms with Gasteiger partial charge in [-0.1, -0.05) is 30.3 Å². The van der Waals surface area contributed by atoms with E-state index in [1.807, 2.05) is 54.9 Å². The molecule has 0 N–H and O–H groups in total. The smallest absolute Gasteiger partial charge is 0.272 e. The van der Waals surface area contributed by atoms with E-state index in [0.29, 0.717) is 11.6 Å². The molecule has 1 aromatic carbocycles. The number of para-hydroxylation sites is 1. The van der Waals surface area contributed by atoms with Crippen LogP contribution in [0.5, 0.6) is 0 Å². The Morgan fingerprint density at radius 2 is 1.93 bits per heavy atom. The number of carbonyl (C=O) groups is 1. The Kier molecular flexibility index (Phi) is 4.53. The predicted octanol–water partition coefficient (Wildman–Crippen LogP) is 3.37. The monoisotopic (exact) mass is 372 g/mol. The molecule has 2 aromatic heterocycles. The Morgan fingerprint density at radius 1 is 1.00 bits per heavy atom. The first kappa shape index (κ1) is 17.3. The summed E-state index contributed by atoms with van der Waals surface area (Å²) in [7, 11) is 0. The van der Waals surface area contributed by atoms with E-state index in [0.717, 1.165) is 43.5 Å². The second-order valence-corrected chi connectivity index (χ2v) is 8.00. The average Bonchev–Trinajstić information content (AvgIpc) is 3.04. The van der Waals surface area contributed by atoms with Gasteiger partial charge in [-0.05, 0) is 42.5 Å². The lowest BCUT2D eigenvalue weighted by atomic mass is 9.94. The number of hydrogen-bond acceptors (Lipinski definition) is 4. The van der Waals surface area contributed by atoms with Crippen molar-refractivity contribution in [3.8, 4) is 0 Å². The Hall–Kier alpha value is -2.79. The van der Waals surface area contributed by atoms with Gasteiger partial charge in [-0.3, -0.25) is 14.7 Å². The van der Waals surface area contributed by atoms with E-state index in [2.05, 4.69) is 25.8 Å². The molecule has 3 aromatic rings. The van der Waals surface area contributed by atoms with Gasteiger partial charge in [0.1, 0.15) is 5.69 Å². The number of aromatic nitrogens is 2. The molecule has 2 atom stereocenters. The van der Waals surface area contributed by atoms with Gasteiger partial charge in [0.2, 0.25) is 0 Å². The molecule has 0 radical (unpaired) electrons. The van der Waals surface area contributed by atoms with E-state index < -0.39 is 0 Å². The molecule has 3 saturated heterocycles. The zero-order chi connectivity index (χ0) is 18.9. The molecule has 3 fully saturated rings. The van der Waals surface area contributed by atoms with Gasteiger partial charge in [0.25, 0.3) is 5.91 Å². The number of pyridine rings is 2. The quantitative estimate of drug-likeness (QED) is 0.707. The van der Waals surface area contributed by atoms with Crippen molar-refractivity contribution in [3.63, 3.8) is 0 Å². The lowest BCUT2D eigenvalue weighted by Gasteiger charge is -2.36. The Morgan fingerprint density at radius 3 is 2.82 bits per heavy atom. The highest BCUT2D eigenvalue weighted by Gasteiger charge is 2.37. The Balaban J connectivity index is 1.36. The van der Waals surface area contributed by atoms with Crippen LogP contribution in [0.25, 0.3) is 10.9 Å². The highest BCUT2D eigenvalue weighted by molar-refractivity contribution is 5.95. The number of benzene rings is 1. The number of hydrogen-bond donors (Lipinski definition) is 0. The largest absolute Gasteiger partial charge is 0.333 e. The molecular formula is C23H24N4O. The van der Waals surface area contributed by atoms with Crippen molar-refractivity contribution in [2.24, 2.45) is 5.92 Å². The zero-order valence-electron chi connectivity index (χ0n) is 15.9. The van der Waals surface area contributed by atoms with Crippen LogP contribution < -0.4 is 0 Å². The summed E-state index contributed by atoms with van der Waals surface area (Å²) >= 11 is 0. The summed E-state index contributed by atoms with van der Waals surface area (Å²) in [5.74, 6) is 0.600. The minimum absolute atomic E-state index is 0.0729. The summed E-state index contributed by atoms with van der Waals surface area (Å²) in [6.45, 7) is 3.70. The average molecular weight is 372 g/mol. The van der Waals surface area contributed by atoms with Crippen LogP contribution >= 0.6 is 0 Å². The molecule has 142 valence electrons. The molecule has 0 saturated carbocycles. The number of carbonyl (C=O) groups excluding carboxylic acids is 1. The standard InChI is InChI=1S/C23H24N4O/c28-23(22-10-8-19-5-1-2-6-21(19)25-22)27-15-18-7-9-20(27)16-26(14-18)13-17-4-3-11-24-12-17/h1-6,8,10-12,18,20H,7,9,13-16H2/t18-,20+/m0/s1. The van der Waals surface area contributed by atoms with Gasteiger partial charge in [0, 0.05) is 50.0 Å². The predicted molar refractivity (Wildman–Crippen MR) is 109 cm³/mol. The molecule has 5 heteroatoms. The topological polar surface area (TPSA) is 49.3 Å².